The summed E-state index contributed by atoms with van der Waals surface area (Å²) in [4.78, 5) is 0. The highest BCUT2D eigenvalue weighted by Gasteiger charge is 2.36. The summed E-state index contributed by atoms with van der Waals surface area (Å²) in [5, 5.41) is 0. The Morgan fingerprint density at radius 2 is 2.00 bits per heavy atom. The minimum Gasteiger partial charge on any atom is -0.501 e. The molecule has 0 radical (unpaired) electrons. The molecule has 0 N–H and O–H groups in total. The lowest BCUT2D eigenvalue weighted by Crippen LogP contribution is -2.36. The van der Waals surface area contributed by atoms with Crippen molar-refractivity contribution in [1.29, 1.82) is 0 Å². The summed E-state index contributed by atoms with van der Waals surface area (Å²) in [5.74, 6) is 0.773. The Hall–Kier alpha value is -0.510. The highest BCUT2D eigenvalue weighted by atomic mass is 32.2. The summed E-state index contributed by atoms with van der Waals surface area (Å²) < 4.78 is 29.3. The van der Waals surface area contributed by atoms with E-state index in [2.05, 4.69) is 6.92 Å². The fourth-order valence-electron chi connectivity index (χ4n) is 3.58. The molecule has 0 aromatic carbocycles. The molecule has 1 atom stereocenters. The Balaban J connectivity index is 1.74. The van der Waals surface area contributed by atoms with Crippen molar-refractivity contribution in [3.8, 4) is 0 Å². The second-order valence-electron chi connectivity index (χ2n) is 6.51. The molecule has 1 aliphatic heterocycles. The first-order valence-electron chi connectivity index (χ1n) is 8.05. The minimum absolute atomic E-state index is 0.0148. The molecule has 1 aliphatic carbocycles. The predicted octanol–water partition coefficient (Wildman–Crippen LogP) is 3.85. The molecular formula is C16H28O3S. The summed E-state index contributed by atoms with van der Waals surface area (Å²) >= 11 is 0. The molecule has 0 spiro atoms. The quantitative estimate of drug-likeness (QED) is 0.553. The number of sulfone groups is 1. The lowest BCUT2D eigenvalue weighted by atomic mass is 9.78. The lowest BCUT2D eigenvalue weighted by molar-refractivity contribution is 0.190. The van der Waals surface area contributed by atoms with Gasteiger partial charge in [0.1, 0.15) is 0 Å². The molecule has 0 bridgehead atoms. The van der Waals surface area contributed by atoms with Crippen molar-refractivity contribution in [2.75, 3.05) is 18.1 Å². The average molecular weight is 300 g/mol. The molecule has 3 nitrogen and oxygen atoms in total. The molecule has 116 valence electrons. The van der Waals surface area contributed by atoms with Crippen molar-refractivity contribution in [3.05, 3.63) is 11.8 Å². The van der Waals surface area contributed by atoms with Crippen LogP contribution in [0, 0.1) is 5.41 Å². The van der Waals surface area contributed by atoms with Gasteiger partial charge in [0, 0.05) is 0 Å². The summed E-state index contributed by atoms with van der Waals surface area (Å²) in [7, 11) is -2.81. The zero-order valence-electron chi connectivity index (χ0n) is 12.7. The van der Waals surface area contributed by atoms with E-state index in [0.717, 1.165) is 38.7 Å². The van der Waals surface area contributed by atoms with E-state index in [1.165, 1.54) is 31.3 Å². The van der Waals surface area contributed by atoms with Gasteiger partial charge in [-0.25, -0.2) is 8.42 Å². The summed E-state index contributed by atoms with van der Waals surface area (Å²) in [6.07, 6.45) is 11.7. The SMILES string of the molecule is CCC1(CCCOC=C2CCCC2)CCCS(=O)(=O)C1. The number of hydrogen-bond donors (Lipinski definition) is 0. The third kappa shape index (κ3) is 4.51. The first-order chi connectivity index (χ1) is 9.55. The van der Waals surface area contributed by atoms with Crippen LogP contribution < -0.4 is 0 Å². The predicted molar refractivity (Wildman–Crippen MR) is 82.3 cm³/mol. The Morgan fingerprint density at radius 1 is 1.25 bits per heavy atom. The third-order valence-corrected chi connectivity index (χ3v) is 6.87. The molecule has 0 aromatic rings. The maximum atomic E-state index is 11.8. The van der Waals surface area contributed by atoms with Crippen LogP contribution in [-0.2, 0) is 14.6 Å². The van der Waals surface area contributed by atoms with Crippen LogP contribution in [0.1, 0.15) is 64.7 Å². The zero-order valence-corrected chi connectivity index (χ0v) is 13.5. The maximum absolute atomic E-state index is 11.8. The summed E-state index contributed by atoms with van der Waals surface area (Å²) in [6.45, 7) is 2.85. The van der Waals surface area contributed by atoms with E-state index in [1.54, 1.807) is 0 Å². The molecule has 20 heavy (non-hydrogen) atoms. The van der Waals surface area contributed by atoms with E-state index in [0.29, 0.717) is 11.5 Å². The van der Waals surface area contributed by atoms with Gasteiger partial charge in [-0.15, -0.1) is 0 Å². The Labute approximate surface area is 123 Å². The van der Waals surface area contributed by atoms with E-state index in [9.17, 15) is 8.42 Å². The van der Waals surface area contributed by atoms with Crippen molar-refractivity contribution >= 4 is 9.84 Å². The molecule has 1 saturated heterocycles. The second kappa shape index (κ2) is 6.97. The van der Waals surface area contributed by atoms with Gasteiger partial charge in [-0.3, -0.25) is 0 Å². The van der Waals surface area contributed by atoms with Gasteiger partial charge in [0.15, 0.2) is 9.84 Å². The van der Waals surface area contributed by atoms with E-state index < -0.39 is 9.84 Å². The van der Waals surface area contributed by atoms with E-state index in [-0.39, 0.29) is 5.41 Å². The van der Waals surface area contributed by atoms with Crippen LogP contribution in [0.2, 0.25) is 0 Å². The normalized spacial score (nSPS) is 29.4. The maximum Gasteiger partial charge on any atom is 0.150 e. The Kier molecular flexibility index (Phi) is 5.53. The molecule has 1 saturated carbocycles. The van der Waals surface area contributed by atoms with E-state index in [1.807, 2.05) is 6.26 Å². The summed E-state index contributed by atoms with van der Waals surface area (Å²) in [6, 6.07) is 0. The topological polar surface area (TPSA) is 43.4 Å². The highest BCUT2D eigenvalue weighted by molar-refractivity contribution is 7.91. The van der Waals surface area contributed by atoms with E-state index in [4.69, 9.17) is 4.74 Å². The van der Waals surface area contributed by atoms with Crippen molar-refractivity contribution in [2.24, 2.45) is 5.41 Å². The van der Waals surface area contributed by atoms with Crippen LogP contribution in [-0.4, -0.2) is 26.5 Å². The molecule has 1 heterocycles. The standard InChI is InChI=1S/C16H28O3S/c1-2-16(10-6-12-20(17,18)14-16)9-5-11-19-13-15-7-3-4-8-15/h13H,2-12,14H2,1H3. The van der Waals surface area contributed by atoms with Crippen LogP contribution in [0.25, 0.3) is 0 Å². The van der Waals surface area contributed by atoms with Crippen LogP contribution in [0.15, 0.2) is 11.8 Å². The average Bonchev–Trinajstić information content (AvgIpc) is 2.90. The molecule has 0 amide bonds. The fourth-order valence-corrected chi connectivity index (χ4v) is 5.74. The smallest absolute Gasteiger partial charge is 0.150 e. The van der Waals surface area contributed by atoms with Crippen molar-refractivity contribution < 1.29 is 13.2 Å². The number of allylic oxidation sites excluding steroid dienone is 1. The van der Waals surface area contributed by atoms with Gasteiger partial charge in [-0.05, 0) is 68.8 Å². The van der Waals surface area contributed by atoms with Crippen LogP contribution in [0.5, 0.6) is 0 Å². The molecule has 4 heteroatoms. The monoisotopic (exact) mass is 300 g/mol. The van der Waals surface area contributed by atoms with Crippen molar-refractivity contribution in [1.82, 2.24) is 0 Å². The van der Waals surface area contributed by atoms with Gasteiger partial charge in [0.05, 0.1) is 24.4 Å². The summed E-state index contributed by atoms with van der Waals surface area (Å²) in [5.41, 5.74) is 1.46. The lowest BCUT2D eigenvalue weighted by Gasteiger charge is -2.36. The number of rotatable bonds is 6. The highest BCUT2D eigenvalue weighted by Crippen LogP contribution is 2.38. The largest absolute Gasteiger partial charge is 0.501 e. The molecule has 2 aliphatic rings. The van der Waals surface area contributed by atoms with Gasteiger partial charge in [0.2, 0.25) is 0 Å². The Morgan fingerprint density at radius 3 is 2.65 bits per heavy atom. The molecule has 2 fully saturated rings. The first-order valence-corrected chi connectivity index (χ1v) is 9.87. The second-order valence-corrected chi connectivity index (χ2v) is 8.69. The minimum atomic E-state index is -2.81. The first kappa shape index (κ1) is 15.9. The van der Waals surface area contributed by atoms with Crippen LogP contribution in [0.4, 0.5) is 0 Å². The third-order valence-electron chi connectivity index (χ3n) is 4.90. The number of hydrogen-bond acceptors (Lipinski definition) is 3. The van der Waals surface area contributed by atoms with Gasteiger partial charge in [-0.1, -0.05) is 6.92 Å². The van der Waals surface area contributed by atoms with Crippen molar-refractivity contribution in [3.63, 3.8) is 0 Å². The molecule has 0 aromatic heterocycles. The van der Waals surface area contributed by atoms with Crippen LogP contribution in [0.3, 0.4) is 0 Å². The van der Waals surface area contributed by atoms with Crippen LogP contribution >= 0.6 is 0 Å². The van der Waals surface area contributed by atoms with Gasteiger partial charge < -0.3 is 4.74 Å². The molecular weight excluding hydrogens is 272 g/mol. The van der Waals surface area contributed by atoms with Crippen molar-refractivity contribution in [2.45, 2.75) is 64.7 Å². The fraction of sp³-hybridized carbons (Fsp3) is 0.875. The van der Waals surface area contributed by atoms with Gasteiger partial charge in [0.25, 0.3) is 0 Å². The number of ether oxygens (including phenoxy) is 1. The Bertz CT molecular complexity index is 431. The zero-order chi connectivity index (χ0) is 14.5. The van der Waals surface area contributed by atoms with E-state index >= 15 is 0 Å². The molecule has 2 rings (SSSR count). The molecule has 1 unspecified atom stereocenters. The van der Waals surface area contributed by atoms with Gasteiger partial charge in [-0.2, -0.15) is 0 Å². The van der Waals surface area contributed by atoms with Gasteiger partial charge >= 0.3 is 0 Å².